The molecule has 0 bridgehead atoms. The zero-order valence-corrected chi connectivity index (χ0v) is 12.6. The number of hydrogen-bond acceptors (Lipinski definition) is 2. The van der Waals surface area contributed by atoms with Crippen LogP contribution in [-0.4, -0.2) is 26.3 Å². The van der Waals surface area contributed by atoms with E-state index in [1.54, 1.807) is 19.2 Å². The molecule has 1 rings (SSSR count). The topological polar surface area (TPSA) is 21.3 Å². The largest absolute Gasteiger partial charge is 0.384 e. The van der Waals surface area contributed by atoms with Crippen LogP contribution in [0.4, 0.5) is 8.78 Å². The zero-order chi connectivity index (χ0) is 15.0. The molecule has 0 saturated heterocycles. The number of ether oxygens (including phenoxy) is 1. The van der Waals surface area contributed by atoms with Crippen molar-refractivity contribution in [3.05, 3.63) is 35.4 Å². The second-order valence-electron chi connectivity index (χ2n) is 5.36. The predicted molar refractivity (Wildman–Crippen MR) is 77.8 cm³/mol. The van der Waals surface area contributed by atoms with E-state index in [1.807, 2.05) is 0 Å². The molecule has 114 valence electrons. The summed E-state index contributed by atoms with van der Waals surface area (Å²) in [6, 6.07) is 4.50. The third-order valence-corrected chi connectivity index (χ3v) is 3.32. The van der Waals surface area contributed by atoms with Crippen molar-refractivity contribution >= 4 is 0 Å². The van der Waals surface area contributed by atoms with Gasteiger partial charge in [-0.3, -0.25) is 0 Å². The lowest BCUT2D eigenvalue weighted by molar-refractivity contribution is 0.149. The van der Waals surface area contributed by atoms with Gasteiger partial charge in [-0.1, -0.05) is 26.0 Å². The Labute approximate surface area is 120 Å². The first-order valence-corrected chi connectivity index (χ1v) is 7.23. The fourth-order valence-electron chi connectivity index (χ4n) is 2.40. The van der Waals surface area contributed by atoms with E-state index in [2.05, 4.69) is 19.2 Å². The van der Waals surface area contributed by atoms with Crippen LogP contribution in [0.25, 0.3) is 0 Å². The van der Waals surface area contributed by atoms with Crippen molar-refractivity contribution in [3.8, 4) is 0 Å². The summed E-state index contributed by atoms with van der Waals surface area (Å²) in [7, 11) is 1.68. The standard InChI is InChI=1S/C16H25F2NO/c1-4-8-19-14(9-12(2)11-20-3)10-13-6-5-7-15(17)16(13)18/h5-7,12,14,19H,4,8-11H2,1-3H3. The zero-order valence-electron chi connectivity index (χ0n) is 12.6. The molecule has 0 spiro atoms. The second-order valence-corrected chi connectivity index (χ2v) is 5.36. The van der Waals surface area contributed by atoms with Gasteiger partial charge in [0.15, 0.2) is 11.6 Å². The lowest BCUT2D eigenvalue weighted by Gasteiger charge is -2.22. The molecule has 4 heteroatoms. The molecular weight excluding hydrogens is 260 g/mol. The van der Waals surface area contributed by atoms with E-state index in [9.17, 15) is 8.78 Å². The molecule has 20 heavy (non-hydrogen) atoms. The van der Waals surface area contributed by atoms with Crippen LogP contribution in [0.3, 0.4) is 0 Å². The van der Waals surface area contributed by atoms with Crippen LogP contribution < -0.4 is 5.32 Å². The maximum Gasteiger partial charge on any atom is 0.162 e. The van der Waals surface area contributed by atoms with Gasteiger partial charge in [0.2, 0.25) is 0 Å². The number of rotatable bonds is 9. The first-order valence-electron chi connectivity index (χ1n) is 7.23. The molecule has 0 aliphatic carbocycles. The minimum atomic E-state index is -0.776. The Balaban J connectivity index is 2.70. The van der Waals surface area contributed by atoms with Gasteiger partial charge < -0.3 is 10.1 Å². The molecule has 0 fully saturated rings. The molecule has 0 amide bonds. The third-order valence-electron chi connectivity index (χ3n) is 3.32. The summed E-state index contributed by atoms with van der Waals surface area (Å²) in [5.74, 6) is -1.12. The molecule has 1 N–H and O–H groups in total. The highest BCUT2D eigenvalue weighted by Gasteiger charge is 2.16. The molecule has 0 aliphatic rings. The molecule has 0 radical (unpaired) electrons. The fourth-order valence-corrected chi connectivity index (χ4v) is 2.40. The predicted octanol–water partition coefficient (Wildman–Crippen LogP) is 3.55. The van der Waals surface area contributed by atoms with Crippen molar-refractivity contribution in [2.24, 2.45) is 5.92 Å². The van der Waals surface area contributed by atoms with Gasteiger partial charge in [-0.15, -0.1) is 0 Å². The molecule has 0 saturated carbocycles. The van der Waals surface area contributed by atoms with Gasteiger partial charge in [0, 0.05) is 19.8 Å². The lowest BCUT2D eigenvalue weighted by atomic mass is 9.96. The molecule has 0 aromatic heterocycles. The van der Waals surface area contributed by atoms with Gasteiger partial charge in [0.1, 0.15) is 0 Å². The quantitative estimate of drug-likeness (QED) is 0.749. The summed E-state index contributed by atoms with van der Waals surface area (Å²) in [5, 5.41) is 3.41. The maximum absolute atomic E-state index is 13.7. The minimum absolute atomic E-state index is 0.136. The van der Waals surface area contributed by atoms with E-state index < -0.39 is 11.6 Å². The molecule has 1 aromatic rings. The van der Waals surface area contributed by atoms with E-state index in [1.165, 1.54) is 0 Å². The van der Waals surface area contributed by atoms with Crippen LogP contribution in [0.15, 0.2) is 18.2 Å². The van der Waals surface area contributed by atoms with Crippen LogP contribution in [0, 0.1) is 17.6 Å². The van der Waals surface area contributed by atoms with E-state index >= 15 is 0 Å². The molecule has 2 atom stereocenters. The molecule has 2 nitrogen and oxygen atoms in total. The smallest absolute Gasteiger partial charge is 0.162 e. The van der Waals surface area contributed by atoms with Crippen molar-refractivity contribution in [1.82, 2.24) is 5.32 Å². The Kier molecular flexibility index (Phi) is 7.70. The summed E-state index contributed by atoms with van der Waals surface area (Å²) in [6.45, 7) is 5.74. The highest BCUT2D eigenvalue weighted by atomic mass is 19.2. The van der Waals surface area contributed by atoms with Gasteiger partial charge in [-0.05, 0) is 43.4 Å². The van der Waals surface area contributed by atoms with Crippen molar-refractivity contribution in [3.63, 3.8) is 0 Å². The van der Waals surface area contributed by atoms with Gasteiger partial charge in [-0.25, -0.2) is 8.78 Å². The first kappa shape index (κ1) is 17.1. The SMILES string of the molecule is CCCNC(Cc1cccc(F)c1F)CC(C)COC. The number of hydrogen-bond donors (Lipinski definition) is 1. The molecule has 0 heterocycles. The first-order chi connectivity index (χ1) is 9.58. The Morgan fingerprint density at radius 2 is 2.05 bits per heavy atom. The van der Waals surface area contributed by atoms with Crippen LogP contribution in [0.1, 0.15) is 32.3 Å². The summed E-state index contributed by atoms with van der Waals surface area (Å²) >= 11 is 0. The monoisotopic (exact) mass is 285 g/mol. The Hall–Kier alpha value is -1.00. The molecule has 0 aliphatic heterocycles. The van der Waals surface area contributed by atoms with E-state index in [4.69, 9.17) is 4.74 Å². The summed E-state index contributed by atoms with van der Waals surface area (Å²) in [6.07, 6.45) is 2.39. The number of methoxy groups -OCH3 is 1. The second kappa shape index (κ2) is 9.03. The highest BCUT2D eigenvalue weighted by Crippen LogP contribution is 2.16. The van der Waals surface area contributed by atoms with Crippen LogP contribution in [0.2, 0.25) is 0 Å². The third kappa shape index (κ3) is 5.55. The van der Waals surface area contributed by atoms with E-state index in [-0.39, 0.29) is 6.04 Å². The average Bonchev–Trinajstić information content (AvgIpc) is 2.41. The fraction of sp³-hybridized carbons (Fsp3) is 0.625. The van der Waals surface area contributed by atoms with Crippen LogP contribution >= 0.6 is 0 Å². The maximum atomic E-state index is 13.7. The summed E-state index contributed by atoms with van der Waals surface area (Å²) in [5.41, 5.74) is 0.434. The van der Waals surface area contributed by atoms with Crippen molar-refractivity contribution in [2.75, 3.05) is 20.3 Å². The Morgan fingerprint density at radius 1 is 1.30 bits per heavy atom. The molecular formula is C16H25F2NO. The number of benzene rings is 1. The van der Waals surface area contributed by atoms with Crippen molar-refractivity contribution in [2.45, 2.75) is 39.2 Å². The van der Waals surface area contributed by atoms with Gasteiger partial charge in [0.05, 0.1) is 0 Å². The van der Waals surface area contributed by atoms with Crippen molar-refractivity contribution < 1.29 is 13.5 Å². The highest BCUT2D eigenvalue weighted by molar-refractivity contribution is 5.20. The Bertz CT molecular complexity index is 398. The minimum Gasteiger partial charge on any atom is -0.384 e. The van der Waals surface area contributed by atoms with Gasteiger partial charge in [0.25, 0.3) is 0 Å². The van der Waals surface area contributed by atoms with Crippen LogP contribution in [0.5, 0.6) is 0 Å². The summed E-state index contributed by atoms with van der Waals surface area (Å²) in [4.78, 5) is 0. The van der Waals surface area contributed by atoms with E-state index in [0.29, 0.717) is 24.5 Å². The summed E-state index contributed by atoms with van der Waals surface area (Å²) < 4.78 is 32.1. The van der Waals surface area contributed by atoms with Crippen molar-refractivity contribution in [1.29, 1.82) is 0 Å². The van der Waals surface area contributed by atoms with Gasteiger partial charge in [-0.2, -0.15) is 0 Å². The molecule has 2 unspecified atom stereocenters. The lowest BCUT2D eigenvalue weighted by Crippen LogP contribution is -2.34. The van der Waals surface area contributed by atoms with Crippen LogP contribution in [-0.2, 0) is 11.2 Å². The Morgan fingerprint density at radius 3 is 2.70 bits per heavy atom. The molecule has 1 aromatic carbocycles. The van der Waals surface area contributed by atoms with E-state index in [0.717, 1.165) is 25.5 Å². The number of halogens is 2. The number of nitrogens with one attached hydrogen (secondary N) is 1. The average molecular weight is 285 g/mol. The van der Waals surface area contributed by atoms with Gasteiger partial charge >= 0.3 is 0 Å². The normalized spacial score (nSPS) is 14.2.